The second kappa shape index (κ2) is 14.0. The van der Waals surface area contributed by atoms with Crippen molar-refractivity contribution >= 4 is 29.1 Å². The zero-order valence-corrected chi connectivity index (χ0v) is 22.6. The molecule has 0 saturated heterocycles. The number of methoxy groups -OCH3 is 1. The summed E-state index contributed by atoms with van der Waals surface area (Å²) < 4.78 is 5.20. The van der Waals surface area contributed by atoms with Crippen LogP contribution in [0.5, 0.6) is 0 Å². The summed E-state index contributed by atoms with van der Waals surface area (Å²) in [6, 6.07) is 21.4. The Labute approximate surface area is 230 Å². The zero-order valence-electron chi connectivity index (χ0n) is 21.9. The van der Waals surface area contributed by atoms with E-state index in [1.54, 1.807) is 6.20 Å². The van der Waals surface area contributed by atoms with Crippen molar-refractivity contribution in [3.63, 3.8) is 0 Å². The Morgan fingerprint density at radius 1 is 0.895 bits per heavy atom. The number of halogens is 1. The zero-order chi connectivity index (χ0) is 26.7. The van der Waals surface area contributed by atoms with Crippen molar-refractivity contribution in [1.82, 2.24) is 14.8 Å². The van der Waals surface area contributed by atoms with Crippen LogP contribution < -0.4 is 4.90 Å². The van der Waals surface area contributed by atoms with Crippen molar-refractivity contribution in [1.29, 1.82) is 0 Å². The van der Waals surface area contributed by atoms with Crippen molar-refractivity contribution in [2.24, 2.45) is 0 Å². The molecule has 8 heteroatoms. The third-order valence-corrected chi connectivity index (χ3v) is 6.95. The highest BCUT2D eigenvalue weighted by atomic mass is 35.5. The molecular weight excluding hydrogens is 500 g/mol. The number of nitrogens with zero attached hydrogens (tertiary/aromatic N) is 4. The van der Waals surface area contributed by atoms with Gasteiger partial charge in [0.1, 0.15) is 6.61 Å². The molecule has 0 unspecified atom stereocenters. The lowest BCUT2D eigenvalue weighted by atomic mass is 10.1. The third kappa shape index (κ3) is 7.87. The Morgan fingerprint density at radius 2 is 1.63 bits per heavy atom. The van der Waals surface area contributed by atoms with Crippen molar-refractivity contribution in [3.05, 3.63) is 94.8 Å². The molecule has 7 nitrogen and oxygen atoms in total. The van der Waals surface area contributed by atoms with Crippen molar-refractivity contribution in [2.45, 2.75) is 32.4 Å². The number of para-hydroxylation sites is 1. The molecule has 2 aromatic carbocycles. The van der Waals surface area contributed by atoms with E-state index in [-0.39, 0.29) is 24.8 Å². The molecule has 1 aliphatic rings. The molecule has 0 saturated carbocycles. The van der Waals surface area contributed by atoms with Gasteiger partial charge < -0.3 is 14.5 Å². The summed E-state index contributed by atoms with van der Waals surface area (Å²) in [5.74, 6) is -0.0674. The number of pyridine rings is 1. The van der Waals surface area contributed by atoms with Crippen LogP contribution in [0.25, 0.3) is 0 Å². The Hall–Kier alpha value is -3.26. The van der Waals surface area contributed by atoms with E-state index >= 15 is 0 Å². The highest BCUT2D eigenvalue weighted by molar-refractivity contribution is 6.30. The van der Waals surface area contributed by atoms with Gasteiger partial charge in [0, 0.05) is 69.0 Å². The molecule has 2 amide bonds. The van der Waals surface area contributed by atoms with Crippen LogP contribution in [-0.4, -0.2) is 66.5 Å². The lowest BCUT2D eigenvalue weighted by Gasteiger charge is -2.31. The number of amides is 2. The molecular formula is C30H35ClN4O3. The van der Waals surface area contributed by atoms with Crippen LogP contribution in [0.1, 0.15) is 29.7 Å². The Balaban J connectivity index is 1.60. The minimum absolute atomic E-state index is 0.00510. The first-order valence-corrected chi connectivity index (χ1v) is 13.4. The maximum Gasteiger partial charge on any atom is 0.252 e. The lowest BCUT2D eigenvalue weighted by Crippen LogP contribution is -2.40. The molecule has 0 atom stereocenters. The molecule has 2 heterocycles. The fourth-order valence-electron chi connectivity index (χ4n) is 4.81. The quantitative estimate of drug-likeness (QED) is 0.463. The topological polar surface area (TPSA) is 66.0 Å². The normalized spacial score (nSPS) is 15.3. The highest BCUT2D eigenvalue weighted by Crippen LogP contribution is 2.24. The number of carbonyl (C=O) groups is 2. The number of ether oxygens (including phenoxy) is 1. The average Bonchev–Trinajstić information content (AvgIpc) is 2.92. The van der Waals surface area contributed by atoms with Crippen molar-refractivity contribution in [2.75, 3.05) is 44.8 Å². The molecule has 0 N–H and O–H groups in total. The lowest BCUT2D eigenvalue weighted by molar-refractivity contribution is -0.131. The molecule has 0 bridgehead atoms. The molecule has 200 valence electrons. The van der Waals surface area contributed by atoms with Crippen molar-refractivity contribution < 1.29 is 14.3 Å². The number of benzene rings is 2. The molecule has 0 spiro atoms. The third-order valence-electron chi connectivity index (χ3n) is 6.70. The Morgan fingerprint density at radius 3 is 2.37 bits per heavy atom. The fraction of sp³-hybridized carbons (Fsp3) is 0.367. The van der Waals surface area contributed by atoms with Crippen LogP contribution >= 0.6 is 11.6 Å². The second-order valence-electron chi connectivity index (χ2n) is 9.53. The van der Waals surface area contributed by atoms with Crippen LogP contribution in [0.15, 0.2) is 72.9 Å². The number of rotatable bonds is 6. The fourth-order valence-corrected chi connectivity index (χ4v) is 4.94. The van der Waals surface area contributed by atoms with Crippen LogP contribution in [0, 0.1) is 0 Å². The number of carbonyl (C=O) groups excluding carboxylic acids is 2. The number of aromatic nitrogens is 1. The minimum atomic E-state index is -0.0902. The van der Waals surface area contributed by atoms with Gasteiger partial charge >= 0.3 is 0 Å². The van der Waals surface area contributed by atoms with Gasteiger partial charge in [0.25, 0.3) is 5.91 Å². The van der Waals surface area contributed by atoms with Crippen LogP contribution in [0.4, 0.5) is 5.69 Å². The summed E-state index contributed by atoms with van der Waals surface area (Å²) in [5.41, 5.74) is 3.71. The van der Waals surface area contributed by atoms with Crippen molar-refractivity contribution in [3.8, 4) is 0 Å². The highest BCUT2D eigenvalue weighted by Gasteiger charge is 2.23. The van der Waals surface area contributed by atoms with Crippen LogP contribution in [0.3, 0.4) is 0 Å². The minimum Gasteiger partial charge on any atom is -0.375 e. The van der Waals surface area contributed by atoms with E-state index in [1.165, 1.54) is 12.7 Å². The van der Waals surface area contributed by atoms with Gasteiger partial charge in [-0.15, -0.1) is 0 Å². The second-order valence-corrected chi connectivity index (χ2v) is 9.97. The SMILES string of the molecule is COCC(=O)N1CCCN(Cc2ccc(Cl)cc2)CCCN(C(=O)Cc2ccccn2)Cc2ccccc21. The van der Waals surface area contributed by atoms with Crippen LogP contribution in [0.2, 0.25) is 5.02 Å². The molecule has 0 fully saturated rings. The summed E-state index contributed by atoms with van der Waals surface area (Å²) in [6.45, 7) is 4.05. The first kappa shape index (κ1) is 27.8. The van der Waals surface area contributed by atoms with E-state index in [0.717, 1.165) is 54.4 Å². The van der Waals surface area contributed by atoms with Gasteiger partial charge in [-0.05, 0) is 54.3 Å². The Bertz CT molecular complexity index is 1190. The maximum atomic E-state index is 13.5. The van der Waals surface area contributed by atoms with Gasteiger partial charge in [-0.1, -0.05) is 48.0 Å². The predicted octanol–water partition coefficient (Wildman–Crippen LogP) is 4.58. The maximum absolute atomic E-state index is 13.5. The van der Waals surface area contributed by atoms with Gasteiger partial charge in [0.2, 0.25) is 5.91 Å². The summed E-state index contributed by atoms with van der Waals surface area (Å²) in [6.07, 6.45) is 3.61. The van der Waals surface area contributed by atoms with Gasteiger partial charge in [-0.2, -0.15) is 0 Å². The van der Waals surface area contributed by atoms with Gasteiger partial charge in [-0.3, -0.25) is 19.5 Å². The first-order valence-electron chi connectivity index (χ1n) is 13.0. The molecule has 0 aliphatic carbocycles. The largest absolute Gasteiger partial charge is 0.375 e. The smallest absolute Gasteiger partial charge is 0.252 e. The summed E-state index contributed by atoms with van der Waals surface area (Å²) in [4.78, 5) is 37.0. The predicted molar refractivity (Wildman–Crippen MR) is 150 cm³/mol. The summed E-state index contributed by atoms with van der Waals surface area (Å²) in [7, 11) is 1.53. The van der Waals surface area contributed by atoms with E-state index in [1.807, 2.05) is 76.5 Å². The Kier molecular flexibility index (Phi) is 10.3. The van der Waals surface area contributed by atoms with E-state index in [4.69, 9.17) is 16.3 Å². The number of fused-ring (bicyclic) bond motifs is 1. The molecule has 1 aliphatic heterocycles. The summed E-state index contributed by atoms with van der Waals surface area (Å²) >= 11 is 6.09. The van der Waals surface area contributed by atoms with E-state index in [0.29, 0.717) is 19.6 Å². The standard InChI is InChI=1S/C30H35ClN4O3/c1-38-23-30(37)35-19-7-17-33(21-24-11-13-26(31)14-12-24)16-6-18-34(22-25-8-2-3-10-28(25)35)29(36)20-27-9-4-5-15-32-27/h2-5,8-15H,6-7,16-23H2,1H3. The van der Waals surface area contributed by atoms with Gasteiger partial charge in [-0.25, -0.2) is 0 Å². The van der Waals surface area contributed by atoms with E-state index < -0.39 is 0 Å². The molecule has 4 rings (SSSR count). The number of hydrogen-bond donors (Lipinski definition) is 0. The average molecular weight is 535 g/mol. The van der Waals surface area contributed by atoms with Gasteiger partial charge in [0.15, 0.2) is 0 Å². The molecule has 3 aromatic rings. The van der Waals surface area contributed by atoms with Gasteiger partial charge in [0.05, 0.1) is 6.42 Å². The van der Waals surface area contributed by atoms with E-state index in [9.17, 15) is 9.59 Å². The number of anilines is 1. The monoisotopic (exact) mass is 534 g/mol. The molecule has 1 aromatic heterocycles. The van der Waals surface area contributed by atoms with E-state index in [2.05, 4.69) is 9.88 Å². The number of hydrogen-bond acceptors (Lipinski definition) is 5. The first-order chi connectivity index (χ1) is 18.5. The molecule has 38 heavy (non-hydrogen) atoms. The van der Waals surface area contributed by atoms with Crippen LogP contribution in [-0.2, 0) is 33.8 Å². The summed E-state index contributed by atoms with van der Waals surface area (Å²) in [5, 5.41) is 0.718. The molecule has 0 radical (unpaired) electrons.